The van der Waals surface area contributed by atoms with Crippen LogP contribution in [0, 0.1) is 0 Å². The first kappa shape index (κ1) is 10.2. The zero-order valence-corrected chi connectivity index (χ0v) is 7.29. The van der Waals surface area contributed by atoms with E-state index in [-0.39, 0.29) is 4.32 Å². The highest BCUT2D eigenvalue weighted by Crippen LogP contribution is 1.85. The van der Waals surface area contributed by atoms with Crippen LogP contribution in [0.5, 0.6) is 0 Å². The fourth-order valence-electron chi connectivity index (χ4n) is 0.440. The summed E-state index contributed by atoms with van der Waals surface area (Å²) >= 11 is 7.65. The topological polar surface area (TPSA) is 44.5 Å². The summed E-state index contributed by atoms with van der Waals surface area (Å²) in [5.74, 6) is 0. The van der Waals surface area contributed by atoms with Crippen LogP contribution in [0.2, 0.25) is 0 Å². The van der Waals surface area contributed by atoms with Crippen molar-refractivity contribution in [2.75, 3.05) is 26.4 Å². The molecular weight excluding hydrogens is 170 g/mol. The van der Waals surface area contributed by atoms with E-state index in [2.05, 4.69) is 24.8 Å². The number of hydrogen-bond acceptors (Lipinski definition) is 3. The molecule has 1 fully saturated rings. The maximum atomic E-state index is 4.94. The molecule has 0 aliphatic carbocycles. The molecule has 0 aromatic rings. The van der Waals surface area contributed by atoms with Crippen molar-refractivity contribution in [3.8, 4) is 0 Å². The van der Waals surface area contributed by atoms with Crippen molar-refractivity contribution in [1.29, 1.82) is 0 Å². The monoisotopic (exact) mass is 181 g/mol. The molecule has 0 aromatic carbocycles. The van der Waals surface area contributed by atoms with Gasteiger partial charge < -0.3 is 15.2 Å². The highest BCUT2D eigenvalue weighted by Gasteiger charge is 1.94. The van der Waals surface area contributed by atoms with E-state index in [1.807, 2.05) is 0 Å². The highest BCUT2D eigenvalue weighted by atomic mass is 32.1. The number of ether oxygens (including phenoxy) is 2. The van der Waals surface area contributed by atoms with E-state index in [0.29, 0.717) is 0 Å². The lowest BCUT2D eigenvalue weighted by Crippen LogP contribution is -2.16. The minimum absolute atomic E-state index is 0.194. The summed E-state index contributed by atoms with van der Waals surface area (Å²) in [6, 6.07) is 0. The second-order valence-electron chi connectivity index (χ2n) is 1.56. The van der Waals surface area contributed by atoms with Gasteiger partial charge in [-0.2, -0.15) is 0 Å². The van der Waals surface area contributed by atoms with Crippen molar-refractivity contribution in [2.45, 2.75) is 0 Å². The summed E-state index contributed by atoms with van der Waals surface area (Å²) in [7, 11) is 0. The Labute approximate surface area is 71.3 Å². The molecule has 5 heteroatoms. The van der Waals surface area contributed by atoms with Crippen molar-refractivity contribution in [1.82, 2.24) is 0 Å². The SMILES string of the molecule is C1COCCO1.NC(=S)S. The van der Waals surface area contributed by atoms with Gasteiger partial charge in [0.15, 0.2) is 0 Å². The van der Waals surface area contributed by atoms with Crippen molar-refractivity contribution >= 4 is 29.2 Å². The molecule has 0 aromatic heterocycles. The van der Waals surface area contributed by atoms with Gasteiger partial charge in [0.2, 0.25) is 0 Å². The standard InChI is InChI=1S/C4H8O2.CH3NS2/c1-2-6-4-3-5-1;2-1(3)4/h1-4H2;(H3,2,3,4). The fourth-order valence-corrected chi connectivity index (χ4v) is 0.440. The normalized spacial score (nSPS) is 16.9. The van der Waals surface area contributed by atoms with Gasteiger partial charge in [0.05, 0.1) is 26.4 Å². The second kappa shape index (κ2) is 7.27. The van der Waals surface area contributed by atoms with Gasteiger partial charge in [0.1, 0.15) is 4.32 Å². The Morgan fingerprint density at radius 3 is 1.50 bits per heavy atom. The summed E-state index contributed by atoms with van der Waals surface area (Å²) in [5.41, 5.74) is 4.71. The third-order valence-electron chi connectivity index (χ3n) is 0.744. The summed E-state index contributed by atoms with van der Waals surface area (Å²) in [4.78, 5) is 0. The largest absolute Gasteiger partial charge is 0.385 e. The summed E-state index contributed by atoms with van der Waals surface area (Å²) < 4.78 is 10.1. The molecule has 0 radical (unpaired) electrons. The first-order valence-electron chi connectivity index (χ1n) is 2.87. The molecule has 1 aliphatic heterocycles. The van der Waals surface area contributed by atoms with E-state index >= 15 is 0 Å². The predicted molar refractivity (Wildman–Crippen MR) is 47.4 cm³/mol. The number of hydrogen-bond donors (Lipinski definition) is 2. The first-order valence-corrected chi connectivity index (χ1v) is 3.73. The summed E-state index contributed by atoms with van der Waals surface area (Å²) in [6.45, 7) is 3.11. The minimum Gasteiger partial charge on any atom is -0.385 e. The molecule has 1 heterocycles. The van der Waals surface area contributed by atoms with Crippen molar-refractivity contribution < 1.29 is 9.47 Å². The Balaban J connectivity index is 0.000000180. The molecule has 0 amide bonds. The van der Waals surface area contributed by atoms with Crippen LogP contribution in [0.3, 0.4) is 0 Å². The number of thiocarbonyl (C=S) groups is 1. The van der Waals surface area contributed by atoms with Gasteiger partial charge in [0.25, 0.3) is 0 Å². The molecule has 0 atom stereocenters. The lowest BCUT2D eigenvalue weighted by molar-refractivity contribution is -0.0334. The minimum atomic E-state index is 0.194. The van der Waals surface area contributed by atoms with Crippen LogP contribution in [0.1, 0.15) is 0 Å². The maximum absolute atomic E-state index is 4.94. The lowest BCUT2D eigenvalue weighted by atomic mass is 10.6. The molecule has 3 nitrogen and oxygen atoms in total. The molecule has 0 bridgehead atoms. The first-order chi connectivity index (χ1) is 4.73. The average Bonchev–Trinajstić information content (AvgIpc) is 1.90. The van der Waals surface area contributed by atoms with Gasteiger partial charge in [-0.25, -0.2) is 0 Å². The third-order valence-corrected chi connectivity index (χ3v) is 0.744. The van der Waals surface area contributed by atoms with Crippen molar-refractivity contribution in [3.63, 3.8) is 0 Å². The Bertz CT molecular complexity index is 80.1. The van der Waals surface area contributed by atoms with E-state index in [4.69, 9.17) is 15.2 Å². The molecule has 1 rings (SSSR count). The summed E-state index contributed by atoms with van der Waals surface area (Å²) in [5, 5.41) is 0. The number of rotatable bonds is 0. The zero-order valence-electron chi connectivity index (χ0n) is 5.58. The molecule has 10 heavy (non-hydrogen) atoms. The van der Waals surface area contributed by atoms with Gasteiger partial charge in [-0.3, -0.25) is 0 Å². The fraction of sp³-hybridized carbons (Fsp3) is 0.800. The predicted octanol–water partition coefficient (Wildman–Crippen LogP) is 0.193. The van der Waals surface area contributed by atoms with Crippen LogP contribution in [0.15, 0.2) is 0 Å². The van der Waals surface area contributed by atoms with Gasteiger partial charge in [0, 0.05) is 0 Å². The van der Waals surface area contributed by atoms with E-state index in [0.717, 1.165) is 26.4 Å². The van der Waals surface area contributed by atoms with Crippen molar-refractivity contribution in [2.24, 2.45) is 5.73 Å². The van der Waals surface area contributed by atoms with Crippen LogP contribution in [-0.2, 0) is 9.47 Å². The molecule has 1 aliphatic rings. The Hall–Kier alpha value is 0.160. The van der Waals surface area contributed by atoms with Gasteiger partial charge in [-0.1, -0.05) is 12.2 Å². The zero-order chi connectivity index (χ0) is 7.82. The quantitative estimate of drug-likeness (QED) is 0.414. The second-order valence-corrected chi connectivity index (χ2v) is 2.79. The average molecular weight is 181 g/mol. The molecule has 0 spiro atoms. The Morgan fingerprint density at radius 2 is 1.40 bits per heavy atom. The van der Waals surface area contributed by atoms with E-state index in [1.54, 1.807) is 0 Å². The smallest absolute Gasteiger partial charge is 0.128 e. The van der Waals surface area contributed by atoms with E-state index in [9.17, 15) is 0 Å². The van der Waals surface area contributed by atoms with Crippen LogP contribution in [-0.4, -0.2) is 30.7 Å². The van der Waals surface area contributed by atoms with Crippen LogP contribution in [0.4, 0.5) is 0 Å². The molecule has 1 saturated heterocycles. The van der Waals surface area contributed by atoms with Crippen LogP contribution < -0.4 is 5.73 Å². The Morgan fingerprint density at radius 1 is 1.20 bits per heavy atom. The van der Waals surface area contributed by atoms with Gasteiger partial charge >= 0.3 is 0 Å². The molecule has 60 valence electrons. The van der Waals surface area contributed by atoms with Crippen LogP contribution in [0.25, 0.3) is 0 Å². The summed E-state index contributed by atoms with van der Waals surface area (Å²) in [6.07, 6.45) is 0. The van der Waals surface area contributed by atoms with Crippen molar-refractivity contribution in [3.05, 3.63) is 0 Å². The maximum Gasteiger partial charge on any atom is 0.128 e. The molecule has 0 unspecified atom stereocenters. The number of nitrogens with two attached hydrogens (primary N) is 1. The van der Waals surface area contributed by atoms with E-state index < -0.39 is 0 Å². The highest BCUT2D eigenvalue weighted by molar-refractivity contribution is 8.10. The van der Waals surface area contributed by atoms with Crippen LogP contribution >= 0.6 is 24.8 Å². The Kier molecular flexibility index (Phi) is 7.39. The van der Waals surface area contributed by atoms with E-state index in [1.165, 1.54) is 0 Å². The lowest BCUT2D eigenvalue weighted by Gasteiger charge is -2.09. The van der Waals surface area contributed by atoms with Gasteiger partial charge in [-0.15, -0.1) is 12.6 Å². The molecular formula is C5H11NO2S2. The number of thiol groups is 1. The van der Waals surface area contributed by atoms with Gasteiger partial charge in [-0.05, 0) is 0 Å². The molecule has 2 N–H and O–H groups in total. The molecule has 0 saturated carbocycles. The third kappa shape index (κ3) is 11.0.